The van der Waals surface area contributed by atoms with Gasteiger partial charge in [0.05, 0.1) is 17.3 Å². The average molecular weight is 369 g/mol. The summed E-state index contributed by atoms with van der Waals surface area (Å²) in [4.78, 5) is 13.4. The van der Waals surface area contributed by atoms with Crippen LogP contribution < -0.4 is 10.6 Å². The van der Waals surface area contributed by atoms with E-state index in [1.165, 1.54) is 12.1 Å². The maximum Gasteiger partial charge on any atom is 0.151 e. The van der Waals surface area contributed by atoms with Crippen LogP contribution in [-0.4, -0.2) is 46.6 Å². The topological polar surface area (TPSA) is 58.3 Å². The lowest BCUT2D eigenvalue weighted by molar-refractivity contribution is 0.202. The molecule has 2 fully saturated rings. The van der Waals surface area contributed by atoms with Crippen LogP contribution >= 0.6 is 0 Å². The Morgan fingerprint density at radius 1 is 1.15 bits per heavy atom. The number of hydrogen-bond donors (Lipinski definition) is 1. The first-order chi connectivity index (χ1) is 13.2. The van der Waals surface area contributed by atoms with E-state index in [1.807, 2.05) is 0 Å². The van der Waals surface area contributed by atoms with Gasteiger partial charge in [-0.15, -0.1) is 0 Å². The van der Waals surface area contributed by atoms with Crippen molar-refractivity contribution in [2.24, 2.45) is 5.73 Å². The van der Waals surface area contributed by atoms with Crippen LogP contribution in [0.5, 0.6) is 0 Å². The summed E-state index contributed by atoms with van der Waals surface area (Å²) in [6, 6.07) is 3.97. The molecule has 2 aromatic rings. The standard InChI is InChI=1S/C20H21F2N5/c21-15-3-1-14(18(22)11-15)2-4-16-5-6-17-13-26(9-10-27(16)17)20-19(12-23)24-7-8-25-20/h1,3,7-8,11,16-17H,5-6,9-10,12-13,23H2. The summed E-state index contributed by atoms with van der Waals surface area (Å²) in [6.07, 6.45) is 5.33. The fourth-order valence-electron chi connectivity index (χ4n) is 3.92. The summed E-state index contributed by atoms with van der Waals surface area (Å²) in [5.74, 6) is 5.74. The minimum Gasteiger partial charge on any atom is -0.352 e. The van der Waals surface area contributed by atoms with Crippen molar-refractivity contribution in [1.29, 1.82) is 0 Å². The normalized spacial score (nSPS) is 22.3. The summed E-state index contributed by atoms with van der Waals surface area (Å²) in [5, 5.41) is 0. The number of halogens is 2. The first-order valence-electron chi connectivity index (χ1n) is 9.13. The van der Waals surface area contributed by atoms with Crippen LogP contribution in [-0.2, 0) is 6.54 Å². The zero-order valence-electron chi connectivity index (χ0n) is 14.9. The second kappa shape index (κ2) is 7.59. The molecule has 2 unspecified atom stereocenters. The predicted octanol–water partition coefficient (Wildman–Crippen LogP) is 1.92. The van der Waals surface area contributed by atoms with Crippen LogP contribution in [0, 0.1) is 23.5 Å². The molecule has 2 atom stereocenters. The van der Waals surface area contributed by atoms with Crippen molar-refractivity contribution >= 4 is 5.82 Å². The van der Waals surface area contributed by atoms with E-state index in [0.29, 0.717) is 12.6 Å². The smallest absolute Gasteiger partial charge is 0.151 e. The maximum atomic E-state index is 13.8. The Morgan fingerprint density at radius 3 is 2.81 bits per heavy atom. The Labute approximate surface area is 157 Å². The molecular weight excluding hydrogens is 348 g/mol. The number of hydrogen-bond acceptors (Lipinski definition) is 5. The predicted molar refractivity (Wildman–Crippen MR) is 98.9 cm³/mol. The van der Waals surface area contributed by atoms with Gasteiger partial charge < -0.3 is 10.6 Å². The third-order valence-corrected chi connectivity index (χ3v) is 5.25. The van der Waals surface area contributed by atoms with E-state index >= 15 is 0 Å². The molecule has 1 aromatic heterocycles. The number of nitrogens with two attached hydrogens (primary N) is 1. The molecule has 2 N–H and O–H groups in total. The van der Waals surface area contributed by atoms with Gasteiger partial charge in [0.1, 0.15) is 11.6 Å². The highest BCUT2D eigenvalue weighted by atomic mass is 19.1. The maximum absolute atomic E-state index is 13.8. The molecular formula is C20H21F2N5. The highest BCUT2D eigenvalue weighted by molar-refractivity contribution is 5.44. The summed E-state index contributed by atoms with van der Waals surface area (Å²) in [6.45, 7) is 2.90. The van der Waals surface area contributed by atoms with Gasteiger partial charge in [0.25, 0.3) is 0 Å². The molecule has 0 radical (unpaired) electrons. The molecule has 0 saturated carbocycles. The SMILES string of the molecule is NCc1nccnc1N1CCN2C(C#Cc3ccc(F)cc3F)CCC2C1. The molecule has 0 aliphatic carbocycles. The number of fused-ring (bicyclic) bond motifs is 1. The monoisotopic (exact) mass is 369 g/mol. The second-order valence-corrected chi connectivity index (χ2v) is 6.86. The molecule has 140 valence electrons. The van der Waals surface area contributed by atoms with E-state index in [0.717, 1.165) is 50.1 Å². The number of benzene rings is 1. The third-order valence-electron chi connectivity index (χ3n) is 5.25. The average Bonchev–Trinajstić information content (AvgIpc) is 3.09. The van der Waals surface area contributed by atoms with Gasteiger partial charge in [0, 0.05) is 50.7 Å². The Balaban J connectivity index is 1.46. The van der Waals surface area contributed by atoms with Crippen molar-refractivity contribution in [2.75, 3.05) is 24.5 Å². The van der Waals surface area contributed by atoms with Gasteiger partial charge in [-0.25, -0.2) is 13.8 Å². The Kier molecular flexibility index (Phi) is 5.01. The van der Waals surface area contributed by atoms with Crippen molar-refractivity contribution in [3.8, 4) is 11.8 Å². The second-order valence-electron chi connectivity index (χ2n) is 6.86. The van der Waals surface area contributed by atoms with Gasteiger partial charge in [-0.2, -0.15) is 0 Å². The molecule has 5 nitrogen and oxygen atoms in total. The van der Waals surface area contributed by atoms with Gasteiger partial charge in [0.2, 0.25) is 0 Å². The highest BCUT2D eigenvalue weighted by Crippen LogP contribution is 2.29. The minimum atomic E-state index is -0.612. The van der Waals surface area contributed by atoms with Crippen LogP contribution in [0.4, 0.5) is 14.6 Å². The van der Waals surface area contributed by atoms with Crippen LogP contribution in [0.15, 0.2) is 30.6 Å². The lowest BCUT2D eigenvalue weighted by atomic mass is 10.1. The molecule has 2 aliphatic heterocycles. The van der Waals surface area contributed by atoms with Crippen molar-refractivity contribution in [2.45, 2.75) is 31.5 Å². The van der Waals surface area contributed by atoms with Gasteiger partial charge in [-0.05, 0) is 25.0 Å². The molecule has 0 amide bonds. The largest absolute Gasteiger partial charge is 0.352 e. The van der Waals surface area contributed by atoms with Crippen LogP contribution in [0.1, 0.15) is 24.1 Å². The lowest BCUT2D eigenvalue weighted by Gasteiger charge is -2.39. The molecule has 1 aromatic carbocycles. The summed E-state index contributed by atoms with van der Waals surface area (Å²) in [7, 11) is 0. The molecule has 7 heteroatoms. The van der Waals surface area contributed by atoms with Crippen molar-refractivity contribution in [3.05, 3.63) is 53.5 Å². The van der Waals surface area contributed by atoms with E-state index in [-0.39, 0.29) is 11.6 Å². The molecule has 0 bridgehead atoms. The van der Waals surface area contributed by atoms with E-state index in [1.54, 1.807) is 12.4 Å². The molecule has 4 rings (SSSR count). The number of rotatable bonds is 2. The van der Waals surface area contributed by atoms with E-state index in [4.69, 9.17) is 5.73 Å². The summed E-state index contributed by atoms with van der Waals surface area (Å²) >= 11 is 0. The van der Waals surface area contributed by atoms with E-state index < -0.39 is 11.6 Å². The van der Waals surface area contributed by atoms with Crippen LogP contribution in [0.2, 0.25) is 0 Å². The van der Waals surface area contributed by atoms with Gasteiger partial charge >= 0.3 is 0 Å². The number of aromatic nitrogens is 2. The van der Waals surface area contributed by atoms with Gasteiger partial charge in [-0.3, -0.25) is 9.88 Å². The zero-order valence-corrected chi connectivity index (χ0v) is 14.9. The first kappa shape index (κ1) is 17.8. The van der Waals surface area contributed by atoms with Crippen molar-refractivity contribution < 1.29 is 8.78 Å². The summed E-state index contributed by atoms with van der Waals surface area (Å²) in [5.41, 5.74) is 6.84. The molecule has 2 aliphatic rings. The highest BCUT2D eigenvalue weighted by Gasteiger charge is 2.37. The Bertz CT molecular complexity index is 891. The number of anilines is 1. The summed E-state index contributed by atoms with van der Waals surface area (Å²) < 4.78 is 26.8. The van der Waals surface area contributed by atoms with Crippen molar-refractivity contribution in [3.63, 3.8) is 0 Å². The molecule has 0 spiro atoms. The van der Waals surface area contributed by atoms with Gasteiger partial charge in [-0.1, -0.05) is 11.8 Å². The van der Waals surface area contributed by atoms with E-state index in [9.17, 15) is 8.78 Å². The Morgan fingerprint density at radius 2 is 2.00 bits per heavy atom. The minimum absolute atomic E-state index is 0.0949. The fourth-order valence-corrected chi connectivity index (χ4v) is 3.92. The first-order valence-corrected chi connectivity index (χ1v) is 9.13. The number of piperazine rings is 1. The zero-order chi connectivity index (χ0) is 18.8. The van der Waals surface area contributed by atoms with Crippen LogP contribution in [0.25, 0.3) is 0 Å². The Hall–Kier alpha value is -2.56. The molecule has 27 heavy (non-hydrogen) atoms. The van der Waals surface area contributed by atoms with Crippen molar-refractivity contribution in [1.82, 2.24) is 14.9 Å². The van der Waals surface area contributed by atoms with Gasteiger partial charge in [0.15, 0.2) is 5.82 Å². The lowest BCUT2D eigenvalue weighted by Crippen LogP contribution is -2.52. The third kappa shape index (κ3) is 3.64. The fraction of sp³-hybridized carbons (Fsp3) is 0.400. The molecule has 2 saturated heterocycles. The number of nitrogens with zero attached hydrogens (tertiary/aromatic N) is 4. The van der Waals surface area contributed by atoms with Crippen LogP contribution in [0.3, 0.4) is 0 Å². The van der Waals surface area contributed by atoms with E-state index in [2.05, 4.69) is 31.6 Å². The molecule has 3 heterocycles. The quantitative estimate of drug-likeness (QED) is 0.820.